The predicted octanol–water partition coefficient (Wildman–Crippen LogP) is 2.78. The van der Waals surface area contributed by atoms with Crippen molar-refractivity contribution in [3.8, 4) is 6.07 Å². The number of nitrogens with zero attached hydrogens (tertiary/aromatic N) is 3. The summed E-state index contributed by atoms with van der Waals surface area (Å²) in [6, 6.07) is 6.04. The lowest BCUT2D eigenvalue weighted by Gasteiger charge is -1.93. The minimum atomic E-state index is 0.649. The highest BCUT2D eigenvalue weighted by Crippen LogP contribution is 2.18. The lowest BCUT2D eigenvalue weighted by molar-refractivity contribution is 0.779. The van der Waals surface area contributed by atoms with Gasteiger partial charge in [-0.3, -0.25) is 4.68 Å². The van der Waals surface area contributed by atoms with Gasteiger partial charge >= 0.3 is 0 Å². The summed E-state index contributed by atoms with van der Waals surface area (Å²) in [5, 5.41) is 14.1. The molecule has 1 aromatic heterocycles. The molecule has 3 nitrogen and oxygen atoms in total. The molecule has 1 heterocycles. The van der Waals surface area contributed by atoms with E-state index in [4.69, 9.17) is 5.26 Å². The molecule has 0 saturated heterocycles. The molecular formula is C12H15N3. The Morgan fingerprint density at radius 3 is 2.60 bits per heavy atom. The van der Waals surface area contributed by atoms with Crippen molar-refractivity contribution >= 4 is 10.9 Å². The van der Waals surface area contributed by atoms with Gasteiger partial charge in [-0.1, -0.05) is 13.8 Å². The fourth-order valence-electron chi connectivity index (χ4n) is 1.49. The maximum atomic E-state index is 8.87. The molecule has 0 aliphatic rings. The van der Waals surface area contributed by atoms with E-state index in [0.717, 1.165) is 16.5 Å². The van der Waals surface area contributed by atoms with Gasteiger partial charge in [0, 0.05) is 18.6 Å². The molecule has 78 valence electrons. The van der Waals surface area contributed by atoms with Crippen molar-refractivity contribution in [2.75, 3.05) is 0 Å². The third-order valence-electron chi connectivity index (χ3n) is 1.99. The zero-order chi connectivity index (χ0) is 11.4. The minimum Gasteiger partial charge on any atom is -0.275 e. The van der Waals surface area contributed by atoms with E-state index < -0.39 is 0 Å². The van der Waals surface area contributed by atoms with Crippen LogP contribution in [0.2, 0.25) is 0 Å². The van der Waals surface area contributed by atoms with Crippen molar-refractivity contribution in [2.45, 2.75) is 20.8 Å². The number of aryl methyl sites for hydroxylation is 2. The third kappa shape index (κ3) is 2.16. The monoisotopic (exact) mass is 201 g/mol. The average molecular weight is 201 g/mol. The average Bonchev–Trinajstić information content (AvgIpc) is 2.60. The number of fused-ring (bicyclic) bond motifs is 1. The fourth-order valence-corrected chi connectivity index (χ4v) is 1.49. The molecule has 0 radical (unpaired) electrons. The lowest BCUT2D eigenvalue weighted by Crippen LogP contribution is -1.86. The Morgan fingerprint density at radius 1 is 1.33 bits per heavy atom. The van der Waals surface area contributed by atoms with Gasteiger partial charge in [-0.15, -0.1) is 0 Å². The highest BCUT2D eigenvalue weighted by Gasteiger charge is 2.04. The maximum Gasteiger partial charge on any atom is 0.110 e. The van der Waals surface area contributed by atoms with Crippen LogP contribution in [0.3, 0.4) is 0 Å². The Kier molecular flexibility index (Phi) is 3.46. The summed E-state index contributed by atoms with van der Waals surface area (Å²) in [5.74, 6) is 0. The van der Waals surface area contributed by atoms with Crippen molar-refractivity contribution in [3.05, 3.63) is 29.5 Å². The first-order chi connectivity index (χ1) is 7.20. The molecule has 0 N–H and O–H groups in total. The van der Waals surface area contributed by atoms with Crippen LogP contribution in [-0.2, 0) is 7.05 Å². The first-order valence-electron chi connectivity index (χ1n) is 5.05. The van der Waals surface area contributed by atoms with E-state index in [0.29, 0.717) is 5.56 Å². The van der Waals surface area contributed by atoms with E-state index in [-0.39, 0.29) is 0 Å². The highest BCUT2D eigenvalue weighted by molar-refractivity contribution is 5.84. The van der Waals surface area contributed by atoms with Crippen LogP contribution in [0.5, 0.6) is 0 Å². The number of rotatable bonds is 0. The van der Waals surface area contributed by atoms with Gasteiger partial charge in [0.15, 0.2) is 0 Å². The molecule has 0 aliphatic heterocycles. The van der Waals surface area contributed by atoms with E-state index >= 15 is 0 Å². The zero-order valence-electron chi connectivity index (χ0n) is 9.57. The van der Waals surface area contributed by atoms with Crippen LogP contribution in [0, 0.1) is 18.3 Å². The van der Waals surface area contributed by atoms with Gasteiger partial charge in [-0.05, 0) is 24.6 Å². The second kappa shape index (κ2) is 4.61. The highest BCUT2D eigenvalue weighted by atomic mass is 15.2. The van der Waals surface area contributed by atoms with Crippen LogP contribution in [0.1, 0.15) is 25.0 Å². The van der Waals surface area contributed by atoms with E-state index in [1.54, 1.807) is 4.68 Å². The van der Waals surface area contributed by atoms with Gasteiger partial charge < -0.3 is 0 Å². The quantitative estimate of drug-likeness (QED) is 0.657. The van der Waals surface area contributed by atoms with Crippen LogP contribution >= 0.6 is 0 Å². The molecule has 2 rings (SSSR count). The van der Waals surface area contributed by atoms with E-state index in [1.165, 1.54) is 0 Å². The predicted molar refractivity (Wildman–Crippen MR) is 61.5 cm³/mol. The molecule has 0 amide bonds. The van der Waals surface area contributed by atoms with Crippen LogP contribution in [0.4, 0.5) is 0 Å². The van der Waals surface area contributed by atoms with Crippen molar-refractivity contribution in [1.82, 2.24) is 9.78 Å². The Hall–Kier alpha value is -1.82. The number of benzene rings is 1. The summed E-state index contributed by atoms with van der Waals surface area (Å²) >= 11 is 0. The number of nitriles is 1. The topological polar surface area (TPSA) is 41.6 Å². The molecule has 2 aromatic rings. The molecular weight excluding hydrogens is 186 g/mol. The van der Waals surface area contributed by atoms with Gasteiger partial charge in [0.05, 0.1) is 5.56 Å². The number of hydrogen-bond acceptors (Lipinski definition) is 2. The molecule has 0 aliphatic carbocycles. The minimum absolute atomic E-state index is 0.649. The van der Waals surface area contributed by atoms with Crippen LogP contribution in [0.15, 0.2) is 18.3 Å². The SMILES string of the molecule is CC.Cc1cc(C#N)c2nn(C)cc2c1. The molecule has 0 bridgehead atoms. The molecule has 0 saturated carbocycles. The summed E-state index contributed by atoms with van der Waals surface area (Å²) in [7, 11) is 1.86. The van der Waals surface area contributed by atoms with Gasteiger partial charge in [0.1, 0.15) is 11.6 Å². The number of aromatic nitrogens is 2. The largest absolute Gasteiger partial charge is 0.275 e. The molecule has 0 unspecified atom stereocenters. The summed E-state index contributed by atoms with van der Waals surface area (Å²) < 4.78 is 1.73. The van der Waals surface area contributed by atoms with Crippen molar-refractivity contribution in [3.63, 3.8) is 0 Å². The summed E-state index contributed by atoms with van der Waals surface area (Å²) in [6.07, 6.45) is 1.92. The summed E-state index contributed by atoms with van der Waals surface area (Å²) in [4.78, 5) is 0. The molecule has 0 atom stereocenters. The van der Waals surface area contributed by atoms with E-state index in [1.807, 2.05) is 46.1 Å². The maximum absolute atomic E-state index is 8.87. The Morgan fingerprint density at radius 2 is 2.00 bits per heavy atom. The summed E-state index contributed by atoms with van der Waals surface area (Å²) in [6.45, 7) is 5.98. The Balaban J connectivity index is 0.000000531. The van der Waals surface area contributed by atoms with Gasteiger partial charge in [-0.2, -0.15) is 10.4 Å². The second-order valence-corrected chi connectivity index (χ2v) is 3.16. The van der Waals surface area contributed by atoms with Gasteiger partial charge in [0.2, 0.25) is 0 Å². The van der Waals surface area contributed by atoms with Gasteiger partial charge in [0.25, 0.3) is 0 Å². The number of hydrogen-bond donors (Lipinski definition) is 0. The molecule has 1 aromatic carbocycles. The van der Waals surface area contributed by atoms with E-state index in [2.05, 4.69) is 11.2 Å². The third-order valence-corrected chi connectivity index (χ3v) is 1.99. The van der Waals surface area contributed by atoms with Crippen molar-refractivity contribution in [1.29, 1.82) is 5.26 Å². The standard InChI is InChI=1S/C10H9N3.C2H6/c1-7-3-8(5-11)10-9(4-7)6-13(2)12-10;1-2/h3-4,6H,1-2H3;1-2H3. The van der Waals surface area contributed by atoms with Crippen LogP contribution in [-0.4, -0.2) is 9.78 Å². The molecule has 3 heteroatoms. The Bertz CT molecular complexity index is 503. The first kappa shape index (κ1) is 11.3. The molecule has 0 spiro atoms. The first-order valence-corrected chi connectivity index (χ1v) is 5.05. The molecule has 0 fully saturated rings. The molecule has 15 heavy (non-hydrogen) atoms. The van der Waals surface area contributed by atoms with Crippen LogP contribution < -0.4 is 0 Å². The van der Waals surface area contributed by atoms with Gasteiger partial charge in [-0.25, -0.2) is 0 Å². The van der Waals surface area contributed by atoms with E-state index in [9.17, 15) is 0 Å². The normalized spacial score (nSPS) is 9.27. The second-order valence-electron chi connectivity index (χ2n) is 3.16. The Labute approximate surface area is 89.9 Å². The summed E-state index contributed by atoms with van der Waals surface area (Å²) in [5.41, 5.74) is 2.53. The zero-order valence-corrected chi connectivity index (χ0v) is 9.57. The lowest BCUT2D eigenvalue weighted by atomic mass is 10.1. The smallest absolute Gasteiger partial charge is 0.110 e. The van der Waals surface area contributed by atoms with Crippen molar-refractivity contribution < 1.29 is 0 Å². The van der Waals surface area contributed by atoms with Crippen molar-refractivity contribution in [2.24, 2.45) is 7.05 Å². The fraction of sp³-hybridized carbons (Fsp3) is 0.333. The van der Waals surface area contributed by atoms with Crippen LogP contribution in [0.25, 0.3) is 10.9 Å².